The fraction of sp³-hybridized carbons (Fsp3) is 0.111. The van der Waals surface area contributed by atoms with Gasteiger partial charge >= 0.3 is 0 Å². The summed E-state index contributed by atoms with van der Waals surface area (Å²) in [5.41, 5.74) is 0.0149. The third kappa shape index (κ3) is 2.23. The third-order valence-corrected chi connectivity index (χ3v) is 3.09. The van der Waals surface area contributed by atoms with Crippen LogP contribution in [0.1, 0.15) is 11.5 Å². The molecule has 15 heavy (non-hydrogen) atoms. The van der Waals surface area contributed by atoms with Crippen LogP contribution in [-0.4, -0.2) is 6.29 Å². The van der Waals surface area contributed by atoms with Gasteiger partial charge in [-0.15, -0.1) is 0 Å². The molecule has 0 amide bonds. The first-order valence-electron chi connectivity index (χ1n) is 3.70. The number of aldehydes is 1. The molecule has 0 aromatic heterocycles. The number of nitriles is 1. The molecule has 0 aliphatic rings. The van der Waals surface area contributed by atoms with Gasteiger partial charge in [-0.3, -0.25) is 0 Å². The van der Waals surface area contributed by atoms with Crippen molar-refractivity contribution in [3.63, 3.8) is 0 Å². The Labute approximate surface area is 100 Å². The molecule has 78 valence electrons. The highest BCUT2D eigenvalue weighted by Crippen LogP contribution is 2.37. The van der Waals surface area contributed by atoms with Crippen LogP contribution in [0.3, 0.4) is 0 Å². The highest BCUT2D eigenvalue weighted by atomic mass is 35.5. The molecule has 1 atom stereocenters. The second kappa shape index (κ2) is 4.80. The molecule has 2 nitrogen and oxygen atoms in total. The van der Waals surface area contributed by atoms with E-state index in [0.29, 0.717) is 6.29 Å². The van der Waals surface area contributed by atoms with Crippen molar-refractivity contribution >= 4 is 41.1 Å². The van der Waals surface area contributed by atoms with E-state index in [9.17, 15) is 9.18 Å². The summed E-state index contributed by atoms with van der Waals surface area (Å²) in [4.78, 5) is 10.5. The van der Waals surface area contributed by atoms with Gasteiger partial charge in [-0.1, -0.05) is 34.8 Å². The maximum Gasteiger partial charge on any atom is 0.143 e. The minimum absolute atomic E-state index is 0.0149. The topological polar surface area (TPSA) is 40.9 Å². The molecule has 0 N–H and O–H groups in total. The summed E-state index contributed by atoms with van der Waals surface area (Å²) in [6, 6.07) is 2.59. The van der Waals surface area contributed by atoms with Gasteiger partial charge in [-0.05, 0) is 11.6 Å². The van der Waals surface area contributed by atoms with Gasteiger partial charge in [-0.25, -0.2) is 4.39 Å². The number of carbonyl (C=O) groups excluding carboxylic acids is 1. The van der Waals surface area contributed by atoms with Crippen LogP contribution in [0.4, 0.5) is 4.39 Å². The van der Waals surface area contributed by atoms with Gasteiger partial charge in [0.1, 0.15) is 18.0 Å². The molecular weight excluding hydrogens is 263 g/mol. The van der Waals surface area contributed by atoms with Crippen molar-refractivity contribution < 1.29 is 9.18 Å². The van der Waals surface area contributed by atoms with Crippen LogP contribution in [0.15, 0.2) is 6.07 Å². The first-order valence-corrected chi connectivity index (χ1v) is 4.84. The Morgan fingerprint density at radius 3 is 2.40 bits per heavy atom. The third-order valence-electron chi connectivity index (χ3n) is 1.74. The summed E-state index contributed by atoms with van der Waals surface area (Å²) in [7, 11) is 0. The first-order chi connectivity index (χ1) is 7.02. The van der Waals surface area contributed by atoms with Gasteiger partial charge in [0.2, 0.25) is 0 Å². The van der Waals surface area contributed by atoms with Gasteiger partial charge in [0.05, 0.1) is 21.1 Å². The maximum absolute atomic E-state index is 13.2. The molecule has 0 fully saturated rings. The minimum atomic E-state index is -1.15. The highest BCUT2D eigenvalue weighted by Gasteiger charge is 2.20. The summed E-state index contributed by atoms with van der Waals surface area (Å²) < 4.78 is 13.2. The van der Waals surface area contributed by atoms with Gasteiger partial charge in [0, 0.05) is 0 Å². The molecule has 1 unspecified atom stereocenters. The normalized spacial score (nSPS) is 11.9. The predicted molar refractivity (Wildman–Crippen MR) is 55.8 cm³/mol. The standard InChI is InChI=1S/C9H3Cl3FNO/c10-7-5(4(2-14)3-15)1-6(13)8(11)9(7)12/h1,3-4H. The molecule has 0 spiro atoms. The van der Waals surface area contributed by atoms with Crippen molar-refractivity contribution in [3.05, 3.63) is 32.5 Å². The lowest BCUT2D eigenvalue weighted by Gasteiger charge is -2.08. The van der Waals surface area contributed by atoms with E-state index in [4.69, 9.17) is 40.1 Å². The van der Waals surface area contributed by atoms with E-state index in [1.165, 1.54) is 0 Å². The summed E-state index contributed by atoms with van der Waals surface area (Å²) in [6.45, 7) is 0. The van der Waals surface area contributed by atoms with Crippen LogP contribution in [0.25, 0.3) is 0 Å². The van der Waals surface area contributed by atoms with Gasteiger partial charge in [0.15, 0.2) is 0 Å². The number of halogens is 4. The number of hydrogen-bond acceptors (Lipinski definition) is 2. The lowest BCUT2D eigenvalue weighted by Crippen LogP contribution is -2.00. The first kappa shape index (κ1) is 12.3. The van der Waals surface area contributed by atoms with Crippen molar-refractivity contribution in [1.82, 2.24) is 0 Å². The van der Waals surface area contributed by atoms with Crippen LogP contribution >= 0.6 is 34.8 Å². The average Bonchev–Trinajstić information content (AvgIpc) is 2.24. The van der Waals surface area contributed by atoms with Crippen molar-refractivity contribution in [1.29, 1.82) is 5.26 Å². The van der Waals surface area contributed by atoms with E-state index < -0.39 is 11.7 Å². The highest BCUT2D eigenvalue weighted by molar-refractivity contribution is 6.48. The van der Waals surface area contributed by atoms with Crippen molar-refractivity contribution in [2.24, 2.45) is 0 Å². The number of nitrogens with zero attached hydrogens (tertiary/aromatic N) is 1. The molecule has 0 aliphatic carbocycles. The molecule has 0 bridgehead atoms. The molecule has 6 heteroatoms. The molecule has 1 aromatic carbocycles. The molecule has 1 rings (SSSR count). The minimum Gasteiger partial charge on any atom is -0.302 e. The zero-order chi connectivity index (χ0) is 11.6. The van der Waals surface area contributed by atoms with Crippen molar-refractivity contribution in [2.75, 3.05) is 0 Å². The van der Waals surface area contributed by atoms with Crippen LogP contribution in [0.5, 0.6) is 0 Å². The molecule has 0 saturated heterocycles. The summed E-state index contributed by atoms with van der Waals surface area (Å²) in [5, 5.41) is 8.01. The molecule has 0 saturated carbocycles. The van der Waals surface area contributed by atoms with Crippen molar-refractivity contribution in [3.8, 4) is 6.07 Å². The van der Waals surface area contributed by atoms with Crippen LogP contribution in [0.2, 0.25) is 15.1 Å². The van der Waals surface area contributed by atoms with Crippen LogP contribution in [-0.2, 0) is 4.79 Å². The van der Waals surface area contributed by atoms with Crippen LogP contribution < -0.4 is 0 Å². The second-order valence-corrected chi connectivity index (χ2v) is 3.77. The molecular formula is C9H3Cl3FNO. The zero-order valence-corrected chi connectivity index (χ0v) is 9.37. The quantitative estimate of drug-likeness (QED) is 0.466. The Bertz CT molecular complexity index is 456. The Morgan fingerprint density at radius 2 is 1.93 bits per heavy atom. The van der Waals surface area contributed by atoms with E-state index in [0.717, 1.165) is 6.07 Å². The SMILES string of the molecule is N#CC(C=O)c1cc(F)c(Cl)c(Cl)c1Cl. The number of carbonyl (C=O) groups is 1. The second-order valence-electron chi connectivity index (χ2n) is 2.63. The van der Waals surface area contributed by atoms with E-state index >= 15 is 0 Å². The van der Waals surface area contributed by atoms with E-state index in [-0.39, 0.29) is 20.6 Å². The van der Waals surface area contributed by atoms with Crippen molar-refractivity contribution in [2.45, 2.75) is 5.92 Å². The monoisotopic (exact) mass is 265 g/mol. The molecule has 1 aromatic rings. The lowest BCUT2D eigenvalue weighted by molar-refractivity contribution is -0.108. The summed E-state index contributed by atoms with van der Waals surface area (Å²) >= 11 is 16.8. The van der Waals surface area contributed by atoms with E-state index in [1.807, 2.05) is 0 Å². The average molecular weight is 266 g/mol. The molecule has 0 radical (unpaired) electrons. The van der Waals surface area contributed by atoms with E-state index in [2.05, 4.69) is 0 Å². The Morgan fingerprint density at radius 1 is 1.33 bits per heavy atom. The molecule has 0 heterocycles. The Hall–Kier alpha value is -0.820. The predicted octanol–water partition coefficient (Wildman–Crippen LogP) is 3.59. The largest absolute Gasteiger partial charge is 0.302 e. The lowest BCUT2D eigenvalue weighted by atomic mass is 10.0. The van der Waals surface area contributed by atoms with Gasteiger partial charge in [0.25, 0.3) is 0 Å². The Kier molecular flexibility index (Phi) is 3.92. The summed E-state index contributed by atoms with van der Waals surface area (Å²) in [5.74, 6) is -1.97. The fourth-order valence-electron chi connectivity index (χ4n) is 0.991. The maximum atomic E-state index is 13.2. The zero-order valence-electron chi connectivity index (χ0n) is 7.10. The smallest absolute Gasteiger partial charge is 0.143 e. The van der Waals surface area contributed by atoms with Crippen LogP contribution in [0, 0.1) is 17.1 Å². The van der Waals surface area contributed by atoms with Gasteiger partial charge < -0.3 is 4.79 Å². The van der Waals surface area contributed by atoms with E-state index in [1.54, 1.807) is 6.07 Å². The number of hydrogen-bond donors (Lipinski definition) is 0. The molecule has 0 aliphatic heterocycles. The Balaban J connectivity index is 3.45. The number of benzene rings is 1. The van der Waals surface area contributed by atoms with Gasteiger partial charge in [-0.2, -0.15) is 5.26 Å². The fourth-order valence-corrected chi connectivity index (χ4v) is 1.65. The number of rotatable bonds is 2. The summed E-state index contributed by atoms with van der Waals surface area (Å²) in [6.07, 6.45) is 0.352.